The molecule has 0 saturated carbocycles. The van der Waals surface area contributed by atoms with Gasteiger partial charge >= 0.3 is 0 Å². The van der Waals surface area contributed by atoms with Gasteiger partial charge in [-0.1, -0.05) is 39.7 Å². The van der Waals surface area contributed by atoms with Crippen LogP contribution in [0.1, 0.15) is 29.2 Å². The zero-order chi connectivity index (χ0) is 15.6. The minimum atomic E-state index is -0.440. The monoisotopic (exact) mass is 347 g/mol. The second-order valence-corrected chi connectivity index (χ2v) is 6.78. The molecule has 112 valence electrons. The fourth-order valence-electron chi connectivity index (χ4n) is 2.73. The highest BCUT2D eigenvalue weighted by molar-refractivity contribution is 9.10. The van der Waals surface area contributed by atoms with Crippen molar-refractivity contribution in [3.8, 4) is 5.75 Å². The van der Waals surface area contributed by atoms with Gasteiger partial charge in [-0.25, -0.2) is 0 Å². The van der Waals surface area contributed by atoms with Gasteiger partial charge in [-0.3, -0.25) is 0 Å². The zero-order valence-corrected chi connectivity index (χ0v) is 14.6. The van der Waals surface area contributed by atoms with Gasteiger partial charge in [0.25, 0.3) is 0 Å². The van der Waals surface area contributed by atoms with Crippen LogP contribution in [0.3, 0.4) is 0 Å². The molecule has 2 aromatic rings. The number of nitrogens with two attached hydrogens (primary N) is 1. The van der Waals surface area contributed by atoms with Crippen molar-refractivity contribution in [3.63, 3.8) is 0 Å². The summed E-state index contributed by atoms with van der Waals surface area (Å²) in [4.78, 5) is 0. The Morgan fingerprint density at radius 1 is 1.14 bits per heavy atom. The maximum atomic E-state index is 6.64. The third kappa shape index (κ3) is 3.66. The van der Waals surface area contributed by atoms with E-state index >= 15 is 0 Å². The number of benzene rings is 2. The number of hydrogen-bond donors (Lipinski definition) is 1. The first kappa shape index (κ1) is 16.1. The standard InChI is InChI=1S/C18H22BrNO/c1-12-5-6-13(2)16(9-12)18(3,20)11-14-10-15(19)7-8-17(14)21-4/h5-10H,11,20H2,1-4H3. The lowest BCUT2D eigenvalue weighted by Gasteiger charge is -2.28. The van der Waals surface area contributed by atoms with Crippen molar-refractivity contribution in [2.45, 2.75) is 32.7 Å². The number of ether oxygens (including phenoxy) is 1. The molecule has 1 unspecified atom stereocenters. The summed E-state index contributed by atoms with van der Waals surface area (Å²) in [6, 6.07) is 12.5. The fraction of sp³-hybridized carbons (Fsp3) is 0.333. The molecule has 0 spiro atoms. The van der Waals surface area contributed by atoms with Crippen LogP contribution in [0.15, 0.2) is 40.9 Å². The van der Waals surface area contributed by atoms with Crippen molar-refractivity contribution in [2.75, 3.05) is 7.11 Å². The lowest BCUT2D eigenvalue weighted by molar-refractivity contribution is 0.399. The normalized spacial score (nSPS) is 13.8. The van der Waals surface area contributed by atoms with Crippen LogP contribution in [0, 0.1) is 13.8 Å². The molecule has 0 radical (unpaired) electrons. The molecule has 2 nitrogen and oxygen atoms in total. The van der Waals surface area contributed by atoms with Crippen molar-refractivity contribution in [1.82, 2.24) is 0 Å². The fourth-order valence-corrected chi connectivity index (χ4v) is 3.14. The van der Waals surface area contributed by atoms with Gasteiger partial charge in [0.1, 0.15) is 5.75 Å². The Morgan fingerprint density at radius 2 is 1.86 bits per heavy atom. The van der Waals surface area contributed by atoms with Crippen molar-refractivity contribution in [1.29, 1.82) is 0 Å². The van der Waals surface area contributed by atoms with Gasteiger partial charge in [-0.15, -0.1) is 0 Å². The van der Waals surface area contributed by atoms with E-state index in [4.69, 9.17) is 10.5 Å². The van der Waals surface area contributed by atoms with Crippen LogP contribution in [-0.4, -0.2) is 7.11 Å². The van der Waals surface area contributed by atoms with E-state index in [-0.39, 0.29) is 0 Å². The second-order valence-electron chi connectivity index (χ2n) is 5.87. The van der Waals surface area contributed by atoms with Crippen LogP contribution in [0.2, 0.25) is 0 Å². The summed E-state index contributed by atoms with van der Waals surface area (Å²) in [5.74, 6) is 0.875. The van der Waals surface area contributed by atoms with Gasteiger partial charge in [-0.2, -0.15) is 0 Å². The van der Waals surface area contributed by atoms with Crippen LogP contribution in [0.4, 0.5) is 0 Å². The van der Waals surface area contributed by atoms with Gasteiger partial charge in [0.05, 0.1) is 7.11 Å². The van der Waals surface area contributed by atoms with E-state index in [1.165, 1.54) is 16.7 Å². The molecular formula is C18H22BrNO. The maximum absolute atomic E-state index is 6.64. The van der Waals surface area contributed by atoms with Gasteiger partial charge in [0, 0.05) is 10.0 Å². The van der Waals surface area contributed by atoms with E-state index in [2.05, 4.69) is 61.0 Å². The Labute approximate surface area is 135 Å². The molecule has 0 saturated heterocycles. The number of halogens is 1. The highest BCUT2D eigenvalue weighted by Crippen LogP contribution is 2.31. The predicted molar refractivity (Wildman–Crippen MR) is 91.9 cm³/mol. The lowest BCUT2D eigenvalue weighted by atomic mass is 9.83. The molecule has 0 aromatic heterocycles. The molecule has 21 heavy (non-hydrogen) atoms. The summed E-state index contributed by atoms with van der Waals surface area (Å²) in [6.45, 7) is 6.28. The van der Waals surface area contributed by atoms with Crippen molar-refractivity contribution < 1.29 is 4.74 Å². The molecule has 2 aromatic carbocycles. The van der Waals surface area contributed by atoms with Crippen molar-refractivity contribution >= 4 is 15.9 Å². The molecule has 2 rings (SSSR count). The first-order valence-corrected chi connectivity index (χ1v) is 7.82. The first-order chi connectivity index (χ1) is 9.83. The molecular weight excluding hydrogens is 326 g/mol. The molecule has 2 N–H and O–H groups in total. The maximum Gasteiger partial charge on any atom is 0.122 e. The summed E-state index contributed by atoms with van der Waals surface area (Å²) in [5.41, 5.74) is 10.9. The molecule has 0 fully saturated rings. The van der Waals surface area contributed by atoms with Crippen molar-refractivity contribution in [3.05, 3.63) is 63.1 Å². The van der Waals surface area contributed by atoms with Crippen LogP contribution < -0.4 is 10.5 Å². The van der Waals surface area contributed by atoms with Crippen LogP contribution in [0.25, 0.3) is 0 Å². The Hall–Kier alpha value is -1.32. The Morgan fingerprint density at radius 3 is 2.52 bits per heavy atom. The summed E-state index contributed by atoms with van der Waals surface area (Å²) >= 11 is 3.52. The molecule has 1 atom stereocenters. The van der Waals surface area contributed by atoms with Crippen molar-refractivity contribution in [2.24, 2.45) is 5.73 Å². The largest absolute Gasteiger partial charge is 0.496 e. The second kappa shape index (κ2) is 6.20. The summed E-state index contributed by atoms with van der Waals surface area (Å²) in [6.07, 6.45) is 0.722. The van der Waals surface area contributed by atoms with Crippen LogP contribution in [0.5, 0.6) is 5.75 Å². The summed E-state index contributed by atoms with van der Waals surface area (Å²) in [7, 11) is 1.69. The predicted octanol–water partition coefficient (Wildman–Crippen LogP) is 4.49. The minimum Gasteiger partial charge on any atom is -0.496 e. The van der Waals surface area contributed by atoms with E-state index in [9.17, 15) is 0 Å². The number of hydrogen-bond acceptors (Lipinski definition) is 2. The quantitative estimate of drug-likeness (QED) is 0.884. The van der Waals surface area contributed by atoms with Crippen LogP contribution in [-0.2, 0) is 12.0 Å². The number of rotatable bonds is 4. The van der Waals surface area contributed by atoms with Gasteiger partial charge in [0.2, 0.25) is 0 Å². The van der Waals surface area contributed by atoms with E-state index in [0.717, 1.165) is 22.2 Å². The highest BCUT2D eigenvalue weighted by atomic mass is 79.9. The van der Waals surface area contributed by atoms with Gasteiger partial charge in [-0.05, 0) is 62.1 Å². The molecule has 0 aliphatic rings. The number of aryl methyl sites for hydroxylation is 2. The summed E-state index contributed by atoms with van der Waals surface area (Å²) in [5, 5.41) is 0. The molecule has 0 aliphatic heterocycles. The molecule has 0 aliphatic carbocycles. The van der Waals surface area contributed by atoms with E-state index in [0.29, 0.717) is 0 Å². The Bertz CT molecular complexity index is 650. The molecule has 0 heterocycles. The third-order valence-electron chi connectivity index (χ3n) is 3.81. The lowest BCUT2D eigenvalue weighted by Crippen LogP contribution is -2.36. The van der Waals surface area contributed by atoms with E-state index in [1.807, 2.05) is 12.1 Å². The van der Waals surface area contributed by atoms with E-state index in [1.54, 1.807) is 7.11 Å². The third-order valence-corrected chi connectivity index (χ3v) is 4.30. The Kier molecular flexibility index (Phi) is 4.74. The molecule has 0 bridgehead atoms. The molecule has 0 amide bonds. The Balaban J connectivity index is 2.41. The van der Waals surface area contributed by atoms with E-state index < -0.39 is 5.54 Å². The summed E-state index contributed by atoms with van der Waals surface area (Å²) < 4.78 is 6.50. The average Bonchev–Trinajstić information content (AvgIpc) is 2.41. The zero-order valence-electron chi connectivity index (χ0n) is 13.0. The smallest absolute Gasteiger partial charge is 0.122 e. The SMILES string of the molecule is COc1ccc(Br)cc1CC(C)(N)c1cc(C)ccc1C. The van der Waals surface area contributed by atoms with Gasteiger partial charge < -0.3 is 10.5 Å². The first-order valence-electron chi connectivity index (χ1n) is 7.02. The molecule has 3 heteroatoms. The topological polar surface area (TPSA) is 35.2 Å². The number of methoxy groups -OCH3 is 1. The van der Waals surface area contributed by atoms with Gasteiger partial charge in [0.15, 0.2) is 0 Å². The van der Waals surface area contributed by atoms with Crippen LogP contribution >= 0.6 is 15.9 Å². The average molecular weight is 348 g/mol. The minimum absolute atomic E-state index is 0.440. The highest BCUT2D eigenvalue weighted by Gasteiger charge is 2.25.